The minimum absolute atomic E-state index is 0.186. The van der Waals surface area contributed by atoms with Gasteiger partial charge in [-0.25, -0.2) is 0 Å². The molecule has 2 heterocycles. The van der Waals surface area contributed by atoms with Crippen molar-refractivity contribution in [1.29, 1.82) is 0 Å². The fourth-order valence-electron chi connectivity index (χ4n) is 3.00. The van der Waals surface area contributed by atoms with Gasteiger partial charge < -0.3 is 10.6 Å². The van der Waals surface area contributed by atoms with Crippen LogP contribution in [0.25, 0.3) is 0 Å². The zero-order valence-corrected chi connectivity index (χ0v) is 10.5. The molecule has 1 unspecified atom stereocenters. The Bertz CT molecular complexity index is 434. The summed E-state index contributed by atoms with van der Waals surface area (Å²) in [7, 11) is 0. The first-order chi connectivity index (χ1) is 8.81. The predicted molar refractivity (Wildman–Crippen MR) is 70.1 cm³/mol. The summed E-state index contributed by atoms with van der Waals surface area (Å²) < 4.78 is 0. The van der Waals surface area contributed by atoms with Gasteiger partial charge in [0.15, 0.2) is 0 Å². The van der Waals surface area contributed by atoms with E-state index in [4.69, 9.17) is 0 Å². The van der Waals surface area contributed by atoms with Crippen LogP contribution in [0.15, 0.2) is 30.3 Å². The number of rotatable bonds is 2. The van der Waals surface area contributed by atoms with Crippen molar-refractivity contribution in [3.05, 3.63) is 35.9 Å². The van der Waals surface area contributed by atoms with Crippen molar-refractivity contribution >= 4 is 5.91 Å². The first kappa shape index (κ1) is 11.7. The second-order valence-electron chi connectivity index (χ2n) is 5.12. The van der Waals surface area contributed by atoms with Gasteiger partial charge in [-0.05, 0) is 12.0 Å². The number of hydrogen-bond acceptors (Lipinski definition) is 3. The summed E-state index contributed by atoms with van der Waals surface area (Å²) in [6, 6.07) is 10.4. The summed E-state index contributed by atoms with van der Waals surface area (Å²) in [4.78, 5) is 14.5. The second-order valence-corrected chi connectivity index (χ2v) is 5.12. The van der Waals surface area contributed by atoms with Crippen LogP contribution in [0.1, 0.15) is 12.0 Å². The zero-order chi connectivity index (χ0) is 12.4. The molecule has 0 aliphatic carbocycles. The van der Waals surface area contributed by atoms with Gasteiger partial charge in [-0.2, -0.15) is 0 Å². The number of hydrogen-bond donors (Lipinski definition) is 2. The molecule has 1 aromatic rings. The van der Waals surface area contributed by atoms with E-state index in [-0.39, 0.29) is 11.4 Å². The molecule has 1 aromatic carbocycles. The average molecular weight is 245 g/mol. The van der Waals surface area contributed by atoms with E-state index in [1.54, 1.807) is 0 Å². The fraction of sp³-hybridized carbons (Fsp3) is 0.500. The standard InChI is InChI=1S/C14H19N3O/c18-13-14(6-7-16-13)11-15-8-9-17(14)10-12-4-2-1-3-5-12/h1-5,15H,6-11H2,(H,16,18). The Hall–Kier alpha value is -1.39. The van der Waals surface area contributed by atoms with Crippen molar-refractivity contribution in [3.63, 3.8) is 0 Å². The minimum atomic E-state index is -0.325. The van der Waals surface area contributed by atoms with Crippen molar-refractivity contribution in [1.82, 2.24) is 15.5 Å². The zero-order valence-electron chi connectivity index (χ0n) is 10.5. The molecular weight excluding hydrogens is 226 g/mol. The van der Waals surface area contributed by atoms with Crippen LogP contribution in [-0.4, -0.2) is 42.5 Å². The molecule has 4 nitrogen and oxygen atoms in total. The summed E-state index contributed by atoms with van der Waals surface area (Å²) in [6.45, 7) is 4.32. The van der Waals surface area contributed by atoms with E-state index >= 15 is 0 Å². The highest BCUT2D eigenvalue weighted by molar-refractivity contribution is 5.88. The third kappa shape index (κ3) is 1.91. The third-order valence-electron chi connectivity index (χ3n) is 4.04. The molecule has 4 heteroatoms. The van der Waals surface area contributed by atoms with E-state index in [0.29, 0.717) is 0 Å². The Morgan fingerprint density at radius 2 is 2.06 bits per heavy atom. The molecule has 96 valence electrons. The molecule has 2 saturated heterocycles. The highest BCUT2D eigenvalue weighted by Crippen LogP contribution is 2.27. The van der Waals surface area contributed by atoms with E-state index in [2.05, 4.69) is 39.8 Å². The van der Waals surface area contributed by atoms with Gasteiger partial charge >= 0.3 is 0 Å². The topological polar surface area (TPSA) is 44.4 Å². The smallest absolute Gasteiger partial charge is 0.241 e. The van der Waals surface area contributed by atoms with Gasteiger partial charge in [0.05, 0.1) is 0 Å². The first-order valence-corrected chi connectivity index (χ1v) is 6.59. The third-order valence-corrected chi connectivity index (χ3v) is 4.04. The number of nitrogens with one attached hydrogen (secondary N) is 2. The number of carbonyl (C=O) groups excluding carboxylic acids is 1. The molecule has 2 N–H and O–H groups in total. The molecule has 18 heavy (non-hydrogen) atoms. The molecule has 0 saturated carbocycles. The highest BCUT2D eigenvalue weighted by atomic mass is 16.2. The number of nitrogens with zero attached hydrogens (tertiary/aromatic N) is 1. The molecule has 0 radical (unpaired) electrons. The first-order valence-electron chi connectivity index (χ1n) is 6.59. The second kappa shape index (κ2) is 4.71. The van der Waals surface area contributed by atoms with Crippen molar-refractivity contribution in [2.75, 3.05) is 26.2 Å². The number of benzene rings is 1. The molecule has 0 aromatic heterocycles. The molecule has 2 fully saturated rings. The SMILES string of the molecule is O=C1NCCC12CNCCN2Cc1ccccc1. The largest absolute Gasteiger partial charge is 0.354 e. The van der Waals surface area contributed by atoms with Crippen molar-refractivity contribution in [3.8, 4) is 0 Å². The average Bonchev–Trinajstić information content (AvgIpc) is 2.76. The van der Waals surface area contributed by atoms with Crippen molar-refractivity contribution in [2.24, 2.45) is 0 Å². The summed E-state index contributed by atoms with van der Waals surface area (Å²) in [5.74, 6) is 0.186. The Morgan fingerprint density at radius 1 is 1.22 bits per heavy atom. The van der Waals surface area contributed by atoms with Gasteiger partial charge in [-0.3, -0.25) is 9.69 Å². The van der Waals surface area contributed by atoms with Crippen LogP contribution in [0.2, 0.25) is 0 Å². The molecule has 2 aliphatic rings. The molecule has 1 atom stereocenters. The summed E-state index contributed by atoms with van der Waals surface area (Å²) >= 11 is 0. The van der Waals surface area contributed by atoms with Gasteiger partial charge in [0.1, 0.15) is 5.54 Å². The molecule has 3 rings (SSSR count). The number of carbonyl (C=O) groups is 1. The maximum Gasteiger partial charge on any atom is 0.241 e. The predicted octanol–water partition coefficient (Wildman–Crippen LogP) is 0.351. The Morgan fingerprint density at radius 3 is 2.78 bits per heavy atom. The lowest BCUT2D eigenvalue weighted by Crippen LogP contribution is -2.64. The fourth-order valence-corrected chi connectivity index (χ4v) is 3.00. The van der Waals surface area contributed by atoms with Crippen LogP contribution in [-0.2, 0) is 11.3 Å². The normalized spacial score (nSPS) is 28.6. The summed E-state index contributed by atoms with van der Waals surface area (Å²) in [6.07, 6.45) is 0.908. The number of piperazine rings is 1. The van der Waals surface area contributed by atoms with Crippen molar-refractivity contribution < 1.29 is 4.79 Å². The number of amides is 1. The maximum absolute atomic E-state index is 12.2. The monoisotopic (exact) mass is 245 g/mol. The molecule has 0 bridgehead atoms. The van der Waals surface area contributed by atoms with Gasteiger partial charge in [0, 0.05) is 32.7 Å². The van der Waals surface area contributed by atoms with Crippen LogP contribution in [0.4, 0.5) is 0 Å². The molecule has 2 aliphatic heterocycles. The van der Waals surface area contributed by atoms with Crippen LogP contribution in [0.5, 0.6) is 0 Å². The van der Waals surface area contributed by atoms with Crippen LogP contribution >= 0.6 is 0 Å². The van der Waals surface area contributed by atoms with Gasteiger partial charge in [-0.1, -0.05) is 30.3 Å². The molecule has 1 amide bonds. The lowest BCUT2D eigenvalue weighted by atomic mass is 9.92. The van der Waals surface area contributed by atoms with Crippen LogP contribution in [0.3, 0.4) is 0 Å². The van der Waals surface area contributed by atoms with E-state index in [0.717, 1.165) is 39.1 Å². The Balaban J connectivity index is 1.82. The maximum atomic E-state index is 12.2. The molecule has 1 spiro atoms. The van der Waals surface area contributed by atoms with Gasteiger partial charge in [-0.15, -0.1) is 0 Å². The Labute approximate surface area is 107 Å². The lowest BCUT2D eigenvalue weighted by molar-refractivity contribution is -0.131. The van der Waals surface area contributed by atoms with E-state index in [1.807, 2.05) is 6.07 Å². The quantitative estimate of drug-likeness (QED) is 0.790. The van der Waals surface area contributed by atoms with Gasteiger partial charge in [0.25, 0.3) is 0 Å². The van der Waals surface area contributed by atoms with E-state index in [9.17, 15) is 4.79 Å². The van der Waals surface area contributed by atoms with Crippen LogP contribution in [0, 0.1) is 0 Å². The van der Waals surface area contributed by atoms with E-state index < -0.39 is 0 Å². The summed E-state index contributed by atoms with van der Waals surface area (Å²) in [5, 5.41) is 6.34. The summed E-state index contributed by atoms with van der Waals surface area (Å²) in [5.41, 5.74) is 0.951. The van der Waals surface area contributed by atoms with Gasteiger partial charge in [0.2, 0.25) is 5.91 Å². The molecular formula is C14H19N3O. The highest BCUT2D eigenvalue weighted by Gasteiger charge is 2.48. The Kier molecular flexibility index (Phi) is 3.06. The lowest BCUT2D eigenvalue weighted by Gasteiger charge is -2.43. The van der Waals surface area contributed by atoms with Crippen LogP contribution < -0.4 is 10.6 Å². The van der Waals surface area contributed by atoms with E-state index in [1.165, 1.54) is 5.56 Å². The minimum Gasteiger partial charge on any atom is -0.354 e. The van der Waals surface area contributed by atoms with Crippen molar-refractivity contribution in [2.45, 2.75) is 18.5 Å².